The van der Waals surface area contributed by atoms with Crippen LogP contribution in [0.2, 0.25) is 0 Å². The van der Waals surface area contributed by atoms with Crippen LogP contribution in [0.25, 0.3) is 22.4 Å². The van der Waals surface area contributed by atoms with Crippen LogP contribution in [-0.2, 0) is 9.53 Å². The highest BCUT2D eigenvalue weighted by atomic mass is 32.2. The van der Waals surface area contributed by atoms with Gasteiger partial charge in [0.15, 0.2) is 10.8 Å². The number of carbonyl (C=O) groups is 2. The highest BCUT2D eigenvalue weighted by Gasteiger charge is 2.15. The summed E-state index contributed by atoms with van der Waals surface area (Å²) in [6, 6.07) is 14.9. The van der Waals surface area contributed by atoms with E-state index in [4.69, 9.17) is 9.84 Å². The molecule has 182 valence electrons. The molecule has 1 N–H and O–H groups in total. The van der Waals surface area contributed by atoms with Crippen molar-refractivity contribution in [3.05, 3.63) is 77.6 Å². The molecule has 0 radical (unpaired) electrons. The predicted octanol–water partition coefficient (Wildman–Crippen LogP) is 4.57. The van der Waals surface area contributed by atoms with E-state index in [9.17, 15) is 9.59 Å². The number of benzene rings is 2. The molecule has 10 heteroatoms. The second kappa shape index (κ2) is 9.82. The monoisotopic (exact) mass is 500 g/mol. The van der Waals surface area contributed by atoms with E-state index in [0.29, 0.717) is 28.7 Å². The Labute approximate surface area is 211 Å². The lowest BCUT2D eigenvalue weighted by atomic mass is 10.0. The normalized spacial score (nSPS) is 11.2. The average Bonchev–Trinajstić information content (AvgIpc) is 3.49. The van der Waals surface area contributed by atoms with Gasteiger partial charge in [-0.05, 0) is 62.7 Å². The van der Waals surface area contributed by atoms with Gasteiger partial charge in [-0.25, -0.2) is 9.31 Å². The Morgan fingerprint density at radius 2 is 1.83 bits per heavy atom. The Kier molecular flexibility index (Phi) is 6.43. The maximum absolute atomic E-state index is 12.5. The number of carbonyl (C=O) groups excluding carboxylic acids is 2. The number of anilines is 1. The standard InChI is InChI=1S/C26H24N6O3S/c1-4-35-25(34)18-7-9-19(10-8-18)27-23(33)15-36-26-29-28-24-22-14-21(30-32(22)12-11-31(24)26)20-13-16(2)5-6-17(20)3/h5-14H,4,15H2,1-3H3,(H,27,33). The maximum atomic E-state index is 12.5. The van der Waals surface area contributed by atoms with Gasteiger partial charge in [0, 0.05) is 23.6 Å². The molecule has 1 amide bonds. The third-order valence-electron chi connectivity index (χ3n) is 5.67. The van der Waals surface area contributed by atoms with Crippen LogP contribution in [0.4, 0.5) is 5.69 Å². The number of nitrogens with zero attached hydrogens (tertiary/aromatic N) is 5. The van der Waals surface area contributed by atoms with E-state index in [1.165, 1.54) is 17.3 Å². The van der Waals surface area contributed by atoms with Crippen molar-refractivity contribution in [3.8, 4) is 11.3 Å². The highest BCUT2D eigenvalue weighted by molar-refractivity contribution is 7.99. The van der Waals surface area contributed by atoms with E-state index in [0.717, 1.165) is 22.3 Å². The third kappa shape index (κ3) is 4.67. The fraction of sp³-hybridized carbons (Fsp3) is 0.192. The minimum Gasteiger partial charge on any atom is -0.462 e. The summed E-state index contributed by atoms with van der Waals surface area (Å²) in [5.74, 6) is -0.431. The van der Waals surface area contributed by atoms with E-state index < -0.39 is 5.97 Å². The SMILES string of the molecule is CCOC(=O)c1ccc(NC(=O)CSc2nnc3c4cc(-c5cc(C)ccc5C)nn4ccn23)cc1. The molecule has 3 heterocycles. The molecule has 0 saturated carbocycles. The fourth-order valence-electron chi connectivity index (χ4n) is 3.86. The van der Waals surface area contributed by atoms with Gasteiger partial charge in [0.1, 0.15) is 5.52 Å². The molecule has 36 heavy (non-hydrogen) atoms. The lowest BCUT2D eigenvalue weighted by Crippen LogP contribution is -2.14. The first-order chi connectivity index (χ1) is 17.4. The predicted molar refractivity (Wildman–Crippen MR) is 138 cm³/mol. The summed E-state index contributed by atoms with van der Waals surface area (Å²) in [5, 5.41) is 16.8. The molecule has 0 aliphatic rings. The van der Waals surface area contributed by atoms with Crippen LogP contribution in [0.3, 0.4) is 0 Å². The fourth-order valence-corrected chi connectivity index (χ4v) is 4.58. The van der Waals surface area contributed by atoms with Gasteiger partial charge in [0.05, 0.1) is 23.6 Å². The average molecular weight is 501 g/mol. The molecule has 5 aromatic rings. The number of fused-ring (bicyclic) bond motifs is 3. The number of rotatable bonds is 7. The molecule has 0 fully saturated rings. The summed E-state index contributed by atoms with van der Waals surface area (Å²) >= 11 is 1.29. The van der Waals surface area contributed by atoms with Gasteiger partial charge in [-0.2, -0.15) is 5.10 Å². The molecular weight excluding hydrogens is 476 g/mol. The Hall–Kier alpha value is -4.18. The van der Waals surface area contributed by atoms with Crippen LogP contribution >= 0.6 is 11.8 Å². The number of hydrogen-bond donors (Lipinski definition) is 1. The number of hydrogen-bond acceptors (Lipinski definition) is 7. The first-order valence-electron chi connectivity index (χ1n) is 11.4. The number of nitrogens with one attached hydrogen (secondary N) is 1. The van der Waals surface area contributed by atoms with Crippen LogP contribution in [0.1, 0.15) is 28.4 Å². The summed E-state index contributed by atoms with van der Waals surface area (Å²) < 4.78 is 8.63. The largest absolute Gasteiger partial charge is 0.462 e. The second-order valence-electron chi connectivity index (χ2n) is 8.29. The van der Waals surface area contributed by atoms with Gasteiger partial charge < -0.3 is 10.1 Å². The molecule has 0 aliphatic carbocycles. The van der Waals surface area contributed by atoms with Crippen LogP contribution in [0, 0.1) is 13.8 Å². The molecule has 5 rings (SSSR count). The first-order valence-corrected chi connectivity index (χ1v) is 12.4. The number of esters is 1. The van der Waals surface area contributed by atoms with E-state index in [1.54, 1.807) is 35.7 Å². The third-order valence-corrected chi connectivity index (χ3v) is 6.61. The van der Waals surface area contributed by atoms with Crippen LogP contribution in [0.15, 0.2) is 66.1 Å². The zero-order chi connectivity index (χ0) is 25.2. The second-order valence-corrected chi connectivity index (χ2v) is 9.23. The summed E-state index contributed by atoms with van der Waals surface area (Å²) in [6.07, 6.45) is 3.70. The van der Waals surface area contributed by atoms with Crippen molar-refractivity contribution in [2.75, 3.05) is 17.7 Å². The highest BCUT2D eigenvalue weighted by Crippen LogP contribution is 2.27. The Bertz CT molecular complexity index is 1590. The molecule has 2 aromatic carbocycles. The van der Waals surface area contributed by atoms with Gasteiger partial charge >= 0.3 is 5.97 Å². The van der Waals surface area contributed by atoms with E-state index in [1.807, 2.05) is 22.9 Å². The molecule has 0 aliphatic heterocycles. The van der Waals surface area contributed by atoms with Crippen LogP contribution in [-0.4, -0.2) is 48.4 Å². The minimum absolute atomic E-state index is 0.151. The first kappa shape index (κ1) is 23.6. The lowest BCUT2D eigenvalue weighted by Gasteiger charge is -2.06. The molecule has 0 bridgehead atoms. The van der Waals surface area contributed by atoms with E-state index in [-0.39, 0.29) is 11.7 Å². The number of amides is 1. The van der Waals surface area contributed by atoms with Crippen LogP contribution in [0.5, 0.6) is 0 Å². The Morgan fingerprint density at radius 1 is 1.03 bits per heavy atom. The molecule has 0 saturated heterocycles. The van der Waals surface area contributed by atoms with E-state index >= 15 is 0 Å². The molecule has 9 nitrogen and oxygen atoms in total. The topological polar surface area (TPSA) is 103 Å². The van der Waals surface area contributed by atoms with Crippen LogP contribution < -0.4 is 5.32 Å². The Balaban J connectivity index is 1.30. The van der Waals surface area contributed by atoms with Crippen molar-refractivity contribution in [2.45, 2.75) is 25.9 Å². The summed E-state index contributed by atoms with van der Waals surface area (Å²) in [5.41, 5.74) is 6.81. The quantitative estimate of drug-likeness (QED) is 0.258. The molecule has 3 aromatic heterocycles. The van der Waals surface area contributed by atoms with Crippen molar-refractivity contribution >= 4 is 40.5 Å². The number of aryl methyl sites for hydroxylation is 2. The number of ether oxygens (including phenoxy) is 1. The van der Waals surface area contributed by atoms with Gasteiger partial charge in [-0.1, -0.05) is 29.5 Å². The molecule has 0 atom stereocenters. The van der Waals surface area contributed by atoms with Gasteiger partial charge in [-0.15, -0.1) is 10.2 Å². The van der Waals surface area contributed by atoms with Crippen molar-refractivity contribution in [3.63, 3.8) is 0 Å². The maximum Gasteiger partial charge on any atom is 0.338 e. The van der Waals surface area contributed by atoms with Crippen molar-refractivity contribution < 1.29 is 14.3 Å². The zero-order valence-corrected chi connectivity index (χ0v) is 20.9. The smallest absolute Gasteiger partial charge is 0.338 e. The van der Waals surface area contributed by atoms with Gasteiger partial charge in [0.25, 0.3) is 0 Å². The molecule has 0 unspecified atom stereocenters. The number of aromatic nitrogens is 5. The van der Waals surface area contributed by atoms with E-state index in [2.05, 4.69) is 47.6 Å². The van der Waals surface area contributed by atoms with Gasteiger partial charge in [-0.3, -0.25) is 9.20 Å². The zero-order valence-electron chi connectivity index (χ0n) is 20.1. The van der Waals surface area contributed by atoms with Crippen molar-refractivity contribution in [1.29, 1.82) is 0 Å². The van der Waals surface area contributed by atoms with Crippen molar-refractivity contribution in [1.82, 2.24) is 24.2 Å². The minimum atomic E-state index is -0.391. The molecular formula is C26H24N6O3S. The number of thioether (sulfide) groups is 1. The summed E-state index contributed by atoms with van der Waals surface area (Å²) in [7, 11) is 0. The lowest BCUT2D eigenvalue weighted by molar-refractivity contribution is -0.113. The molecule has 0 spiro atoms. The van der Waals surface area contributed by atoms with Crippen molar-refractivity contribution in [2.24, 2.45) is 0 Å². The summed E-state index contributed by atoms with van der Waals surface area (Å²) in [4.78, 5) is 24.3. The summed E-state index contributed by atoms with van der Waals surface area (Å²) in [6.45, 7) is 6.20. The van der Waals surface area contributed by atoms with Gasteiger partial charge in [0.2, 0.25) is 5.91 Å². The Morgan fingerprint density at radius 3 is 2.61 bits per heavy atom.